The van der Waals surface area contributed by atoms with Gasteiger partial charge in [-0.2, -0.15) is 0 Å². The van der Waals surface area contributed by atoms with Crippen LogP contribution in [0.3, 0.4) is 0 Å². The Morgan fingerprint density at radius 3 is 2.58 bits per heavy atom. The van der Waals surface area contributed by atoms with Crippen molar-refractivity contribution in [2.24, 2.45) is 11.3 Å². The van der Waals surface area contributed by atoms with E-state index in [9.17, 15) is 4.79 Å². The Bertz CT molecular complexity index is 557. The predicted molar refractivity (Wildman–Crippen MR) is 94.6 cm³/mol. The van der Waals surface area contributed by atoms with Crippen molar-refractivity contribution in [2.45, 2.75) is 78.2 Å². The fourth-order valence-corrected chi connectivity index (χ4v) is 4.93. The van der Waals surface area contributed by atoms with E-state index >= 15 is 0 Å². The molecule has 0 radical (unpaired) electrons. The molecule has 1 atom stereocenters. The highest BCUT2D eigenvalue weighted by molar-refractivity contribution is 5.79. The fourth-order valence-electron chi connectivity index (χ4n) is 4.93. The molecule has 2 fully saturated rings. The number of aryl methyl sites for hydroxylation is 1. The summed E-state index contributed by atoms with van der Waals surface area (Å²) in [6, 6.07) is 0. The van der Waals surface area contributed by atoms with Gasteiger partial charge in [0.15, 0.2) is 0 Å². The van der Waals surface area contributed by atoms with Gasteiger partial charge in [0.2, 0.25) is 5.91 Å². The van der Waals surface area contributed by atoms with E-state index in [0.717, 1.165) is 38.3 Å². The molecule has 0 N–H and O–H groups in total. The Balaban J connectivity index is 1.89. The first-order valence-corrected chi connectivity index (χ1v) is 9.81. The smallest absolute Gasteiger partial charge is 0.225 e. The second kappa shape index (κ2) is 7.24. The summed E-state index contributed by atoms with van der Waals surface area (Å²) in [5.41, 5.74) is 0.222. The average Bonchev–Trinajstić information content (AvgIpc) is 3.21. The summed E-state index contributed by atoms with van der Waals surface area (Å²) in [5, 5.41) is 8.63. The van der Waals surface area contributed by atoms with Gasteiger partial charge in [-0.25, -0.2) is 0 Å². The van der Waals surface area contributed by atoms with Gasteiger partial charge in [0, 0.05) is 31.5 Å². The zero-order valence-corrected chi connectivity index (χ0v) is 15.5. The molecule has 2 heterocycles. The van der Waals surface area contributed by atoms with Crippen molar-refractivity contribution in [3.63, 3.8) is 0 Å². The Morgan fingerprint density at radius 2 is 1.96 bits per heavy atom. The molecule has 0 bridgehead atoms. The number of rotatable bonds is 5. The molecular weight excluding hydrogens is 300 g/mol. The molecule has 1 saturated heterocycles. The number of carbonyl (C=O) groups excluding carboxylic acids is 1. The average molecular weight is 332 g/mol. The lowest BCUT2D eigenvalue weighted by Crippen LogP contribution is -2.37. The van der Waals surface area contributed by atoms with Gasteiger partial charge < -0.3 is 9.47 Å². The summed E-state index contributed by atoms with van der Waals surface area (Å²) in [7, 11) is 0. The van der Waals surface area contributed by atoms with Crippen LogP contribution in [0.25, 0.3) is 0 Å². The number of amides is 1. The van der Waals surface area contributed by atoms with E-state index in [2.05, 4.69) is 40.4 Å². The third-order valence-electron chi connectivity index (χ3n) is 6.44. The second-order valence-electron chi connectivity index (χ2n) is 7.68. The van der Waals surface area contributed by atoms with Crippen molar-refractivity contribution in [1.82, 2.24) is 19.7 Å². The van der Waals surface area contributed by atoms with Crippen LogP contribution in [-0.2, 0) is 11.3 Å². The summed E-state index contributed by atoms with van der Waals surface area (Å²) in [5.74, 6) is 1.97. The van der Waals surface area contributed by atoms with Crippen molar-refractivity contribution >= 4 is 5.91 Å². The molecule has 1 aliphatic carbocycles. The molecule has 3 rings (SSSR count). The van der Waals surface area contributed by atoms with Crippen LogP contribution < -0.4 is 0 Å². The highest BCUT2D eigenvalue weighted by Gasteiger charge is 2.50. The molecule has 1 spiro atoms. The van der Waals surface area contributed by atoms with Gasteiger partial charge >= 0.3 is 0 Å². The first-order valence-electron chi connectivity index (χ1n) is 9.81. The molecule has 1 unspecified atom stereocenters. The predicted octanol–water partition coefficient (Wildman–Crippen LogP) is 3.61. The standard InChI is InChI=1S/C19H32N4O/c1-4-15(5-2)18(24)23-12-16(17-21-20-14-22(17)6-3)19(13-23)10-8-7-9-11-19/h14-16H,4-13H2,1-3H3. The number of aromatic nitrogens is 3. The first kappa shape index (κ1) is 17.4. The molecule has 24 heavy (non-hydrogen) atoms. The number of nitrogens with zero attached hydrogens (tertiary/aromatic N) is 4. The van der Waals surface area contributed by atoms with Gasteiger partial charge in [-0.15, -0.1) is 10.2 Å². The van der Waals surface area contributed by atoms with Crippen molar-refractivity contribution in [3.05, 3.63) is 12.2 Å². The highest BCUT2D eigenvalue weighted by Crippen LogP contribution is 2.51. The van der Waals surface area contributed by atoms with Crippen LogP contribution >= 0.6 is 0 Å². The van der Waals surface area contributed by atoms with Crippen molar-refractivity contribution in [2.75, 3.05) is 13.1 Å². The van der Waals surface area contributed by atoms with E-state index in [1.54, 1.807) is 0 Å². The maximum atomic E-state index is 13.0. The van der Waals surface area contributed by atoms with E-state index in [1.807, 2.05) is 6.33 Å². The van der Waals surface area contributed by atoms with Gasteiger partial charge in [-0.1, -0.05) is 33.1 Å². The molecule has 1 aromatic heterocycles. The topological polar surface area (TPSA) is 51.0 Å². The van der Waals surface area contributed by atoms with Gasteiger partial charge in [-0.05, 0) is 38.0 Å². The lowest BCUT2D eigenvalue weighted by Gasteiger charge is -2.37. The maximum absolute atomic E-state index is 13.0. The molecule has 1 saturated carbocycles. The molecule has 1 aromatic rings. The maximum Gasteiger partial charge on any atom is 0.225 e. The minimum Gasteiger partial charge on any atom is -0.341 e. The van der Waals surface area contributed by atoms with Gasteiger partial charge in [0.1, 0.15) is 12.2 Å². The zero-order chi connectivity index (χ0) is 17.2. The van der Waals surface area contributed by atoms with Crippen LogP contribution in [0.4, 0.5) is 0 Å². The van der Waals surface area contributed by atoms with Crippen LogP contribution in [0.5, 0.6) is 0 Å². The van der Waals surface area contributed by atoms with E-state index < -0.39 is 0 Å². The van der Waals surface area contributed by atoms with Crippen LogP contribution in [0.1, 0.15) is 77.5 Å². The molecule has 0 aromatic carbocycles. The molecule has 1 aliphatic heterocycles. The SMILES string of the molecule is CCC(CC)C(=O)N1CC(c2nncn2CC)C2(CCCCC2)C1. The third kappa shape index (κ3) is 2.98. The van der Waals surface area contributed by atoms with E-state index in [0.29, 0.717) is 11.8 Å². The summed E-state index contributed by atoms with van der Waals surface area (Å²) in [4.78, 5) is 15.1. The lowest BCUT2D eigenvalue weighted by atomic mass is 9.67. The van der Waals surface area contributed by atoms with Crippen molar-refractivity contribution in [3.8, 4) is 0 Å². The summed E-state index contributed by atoms with van der Waals surface area (Å²) >= 11 is 0. The quantitative estimate of drug-likeness (QED) is 0.827. The number of hydrogen-bond acceptors (Lipinski definition) is 3. The monoisotopic (exact) mass is 332 g/mol. The second-order valence-corrected chi connectivity index (χ2v) is 7.68. The van der Waals surface area contributed by atoms with Gasteiger partial charge in [0.05, 0.1) is 0 Å². The minimum atomic E-state index is 0.174. The van der Waals surface area contributed by atoms with Crippen LogP contribution in [-0.4, -0.2) is 38.7 Å². The first-order chi connectivity index (χ1) is 11.6. The van der Waals surface area contributed by atoms with Gasteiger partial charge in [-0.3, -0.25) is 4.79 Å². The molecule has 2 aliphatic rings. The minimum absolute atomic E-state index is 0.174. The van der Waals surface area contributed by atoms with Crippen LogP contribution in [0.2, 0.25) is 0 Å². The number of hydrogen-bond donors (Lipinski definition) is 0. The summed E-state index contributed by atoms with van der Waals surface area (Å²) < 4.78 is 2.17. The number of likely N-dealkylation sites (tertiary alicyclic amines) is 1. The van der Waals surface area contributed by atoms with E-state index in [-0.39, 0.29) is 11.3 Å². The fraction of sp³-hybridized carbons (Fsp3) is 0.842. The molecule has 5 nitrogen and oxygen atoms in total. The normalized spacial score (nSPS) is 23.3. The molecular formula is C19H32N4O. The molecule has 5 heteroatoms. The Hall–Kier alpha value is -1.39. The Kier molecular flexibility index (Phi) is 5.26. The van der Waals surface area contributed by atoms with Gasteiger partial charge in [0.25, 0.3) is 0 Å². The lowest BCUT2D eigenvalue weighted by molar-refractivity contribution is -0.135. The van der Waals surface area contributed by atoms with E-state index in [4.69, 9.17) is 0 Å². The zero-order valence-electron chi connectivity index (χ0n) is 15.5. The largest absolute Gasteiger partial charge is 0.341 e. The van der Waals surface area contributed by atoms with E-state index in [1.165, 1.54) is 32.1 Å². The Morgan fingerprint density at radius 1 is 1.25 bits per heavy atom. The molecule has 1 amide bonds. The molecule has 134 valence electrons. The Labute approximate surface area is 145 Å². The van der Waals surface area contributed by atoms with Crippen LogP contribution in [0, 0.1) is 11.3 Å². The highest BCUT2D eigenvalue weighted by atomic mass is 16.2. The summed E-state index contributed by atoms with van der Waals surface area (Å²) in [6.07, 6.45) is 10.1. The third-order valence-corrected chi connectivity index (χ3v) is 6.44. The van der Waals surface area contributed by atoms with Crippen molar-refractivity contribution < 1.29 is 4.79 Å². The summed E-state index contributed by atoms with van der Waals surface area (Å²) in [6.45, 7) is 9.04. The van der Waals surface area contributed by atoms with Crippen molar-refractivity contribution in [1.29, 1.82) is 0 Å². The number of carbonyl (C=O) groups is 1. The van der Waals surface area contributed by atoms with Crippen LogP contribution in [0.15, 0.2) is 6.33 Å².